The zero-order chi connectivity index (χ0) is 14.4. The fourth-order valence-corrected chi connectivity index (χ4v) is 2.40. The second-order valence-corrected chi connectivity index (χ2v) is 5.71. The first-order chi connectivity index (χ1) is 8.97. The van der Waals surface area contributed by atoms with Crippen LogP contribution in [0.2, 0.25) is 0 Å². The number of carbonyl (C=O) groups excluding carboxylic acids is 1. The molecule has 0 saturated carbocycles. The number of hydrogen-bond acceptors (Lipinski definition) is 4. The maximum atomic E-state index is 11.9. The molecule has 6 heteroatoms. The average Bonchev–Trinajstić information content (AvgIpc) is 2.71. The Bertz CT molecular complexity index is 401. The van der Waals surface area contributed by atoms with Crippen molar-refractivity contribution in [3.63, 3.8) is 0 Å². The van der Waals surface area contributed by atoms with Crippen molar-refractivity contribution in [1.29, 1.82) is 0 Å². The van der Waals surface area contributed by atoms with Crippen molar-refractivity contribution in [3.8, 4) is 0 Å². The molecule has 108 valence electrons. The maximum absolute atomic E-state index is 11.9. The topological polar surface area (TPSA) is 69.2 Å². The zero-order valence-corrected chi connectivity index (χ0v) is 12.9. The molecular weight excluding hydrogens is 262 g/mol. The van der Waals surface area contributed by atoms with Gasteiger partial charge >= 0.3 is 0 Å². The first-order valence-corrected chi connectivity index (χ1v) is 7.79. The van der Waals surface area contributed by atoms with Crippen LogP contribution in [0.4, 0.5) is 0 Å². The molecule has 0 aromatic carbocycles. The minimum absolute atomic E-state index is 0.201. The number of carbonyl (C=O) groups is 1. The number of aromatic amines is 1. The molecule has 0 aliphatic carbocycles. The summed E-state index contributed by atoms with van der Waals surface area (Å²) in [6.45, 7) is 4.52. The highest BCUT2D eigenvalue weighted by Gasteiger charge is 2.19. The highest BCUT2D eigenvalue weighted by Crippen LogP contribution is 2.11. The number of aryl methyl sites for hydroxylation is 2. The third kappa shape index (κ3) is 4.54. The van der Waals surface area contributed by atoms with Crippen LogP contribution in [-0.2, 0) is 11.2 Å². The van der Waals surface area contributed by atoms with E-state index in [0.717, 1.165) is 29.1 Å². The lowest BCUT2D eigenvalue weighted by Gasteiger charge is -2.20. The Kier molecular flexibility index (Phi) is 6.37. The van der Waals surface area contributed by atoms with Crippen molar-refractivity contribution in [2.45, 2.75) is 32.8 Å². The molecule has 0 spiro atoms. The number of aliphatic hydroxyl groups excluding tert-OH is 1. The molecule has 0 unspecified atom stereocenters. The van der Waals surface area contributed by atoms with Gasteiger partial charge in [-0.05, 0) is 44.3 Å². The van der Waals surface area contributed by atoms with Gasteiger partial charge < -0.3 is 10.0 Å². The molecule has 0 saturated heterocycles. The molecule has 5 nitrogen and oxygen atoms in total. The van der Waals surface area contributed by atoms with Gasteiger partial charge in [-0.25, -0.2) is 0 Å². The maximum Gasteiger partial charge on any atom is 0.251 e. The van der Waals surface area contributed by atoms with Crippen molar-refractivity contribution in [1.82, 2.24) is 15.1 Å². The van der Waals surface area contributed by atoms with E-state index in [0.29, 0.717) is 13.0 Å². The molecular formula is C13H23N3O2S. The number of nitrogens with one attached hydrogen (secondary N) is 1. The van der Waals surface area contributed by atoms with Crippen LogP contribution in [0.5, 0.6) is 0 Å². The second-order valence-electron chi connectivity index (χ2n) is 4.72. The van der Waals surface area contributed by atoms with Crippen LogP contribution in [0.25, 0.3) is 0 Å². The molecule has 2 N–H and O–H groups in total. The summed E-state index contributed by atoms with van der Waals surface area (Å²) in [6.07, 6.45) is 2.34. The number of aromatic nitrogens is 2. The molecule has 0 bridgehead atoms. The minimum Gasteiger partial charge on any atom is -0.383 e. The zero-order valence-electron chi connectivity index (χ0n) is 12.1. The molecule has 0 aliphatic heterocycles. The lowest BCUT2D eigenvalue weighted by molar-refractivity contribution is -0.138. The van der Waals surface area contributed by atoms with Crippen LogP contribution < -0.4 is 0 Å². The van der Waals surface area contributed by atoms with E-state index >= 15 is 0 Å². The fourth-order valence-electron chi connectivity index (χ4n) is 1.94. The van der Waals surface area contributed by atoms with Crippen molar-refractivity contribution in [2.24, 2.45) is 0 Å². The number of rotatable bonds is 7. The summed E-state index contributed by atoms with van der Waals surface area (Å²) in [5.74, 6) is 0.591. The van der Waals surface area contributed by atoms with E-state index in [9.17, 15) is 9.90 Å². The van der Waals surface area contributed by atoms with Gasteiger partial charge in [0.25, 0.3) is 5.91 Å². The van der Waals surface area contributed by atoms with Crippen LogP contribution in [0, 0.1) is 13.8 Å². The molecule has 1 amide bonds. The van der Waals surface area contributed by atoms with Crippen molar-refractivity contribution >= 4 is 17.7 Å². The fraction of sp³-hybridized carbons (Fsp3) is 0.692. The van der Waals surface area contributed by atoms with Gasteiger partial charge in [0.05, 0.1) is 5.69 Å². The van der Waals surface area contributed by atoms with Crippen molar-refractivity contribution in [3.05, 3.63) is 17.0 Å². The summed E-state index contributed by atoms with van der Waals surface area (Å²) in [4.78, 5) is 13.5. The Balaban J connectivity index is 2.46. The Hall–Kier alpha value is -1.01. The molecule has 1 rings (SSSR count). The second kappa shape index (κ2) is 7.55. The molecule has 1 heterocycles. The number of thioether (sulfide) groups is 1. The first-order valence-electron chi connectivity index (χ1n) is 6.39. The van der Waals surface area contributed by atoms with Gasteiger partial charge in [0.1, 0.15) is 6.10 Å². The summed E-state index contributed by atoms with van der Waals surface area (Å²) in [6, 6.07) is 0. The van der Waals surface area contributed by atoms with Crippen molar-refractivity contribution < 1.29 is 9.90 Å². The third-order valence-electron chi connectivity index (χ3n) is 3.23. The SMILES string of the molecule is CSCC[C@H](O)C(=O)N(C)CCc1c(C)n[nH]c1C. The van der Waals surface area contributed by atoms with E-state index in [2.05, 4.69) is 10.2 Å². The molecule has 1 aromatic rings. The van der Waals surface area contributed by atoms with Gasteiger partial charge in [-0.15, -0.1) is 0 Å². The molecule has 19 heavy (non-hydrogen) atoms. The summed E-state index contributed by atoms with van der Waals surface area (Å²) in [5.41, 5.74) is 3.17. The quantitative estimate of drug-likeness (QED) is 0.788. The molecule has 1 aromatic heterocycles. The van der Waals surface area contributed by atoms with E-state index < -0.39 is 6.10 Å². The molecule has 0 aliphatic rings. The molecule has 1 atom stereocenters. The number of aliphatic hydroxyl groups is 1. The lowest BCUT2D eigenvalue weighted by atomic mass is 10.1. The average molecular weight is 285 g/mol. The Morgan fingerprint density at radius 3 is 2.74 bits per heavy atom. The van der Waals surface area contributed by atoms with Gasteiger partial charge in [-0.1, -0.05) is 0 Å². The summed E-state index contributed by atoms with van der Waals surface area (Å²) in [7, 11) is 1.73. The van der Waals surface area contributed by atoms with Gasteiger partial charge in [-0.3, -0.25) is 9.89 Å². The highest BCUT2D eigenvalue weighted by atomic mass is 32.2. The van der Waals surface area contributed by atoms with Crippen LogP contribution in [0.1, 0.15) is 23.4 Å². The predicted octanol–water partition coefficient (Wildman–Crippen LogP) is 1.14. The third-order valence-corrected chi connectivity index (χ3v) is 3.88. The Morgan fingerprint density at radius 1 is 1.53 bits per heavy atom. The van der Waals surface area contributed by atoms with Gasteiger partial charge in [0.15, 0.2) is 0 Å². The van der Waals surface area contributed by atoms with E-state index in [1.165, 1.54) is 0 Å². The predicted molar refractivity (Wildman–Crippen MR) is 78.4 cm³/mol. The van der Waals surface area contributed by atoms with E-state index in [-0.39, 0.29) is 5.91 Å². The standard InChI is InChI=1S/C13H23N3O2S/c1-9-11(10(2)15-14-9)5-7-16(3)13(18)12(17)6-8-19-4/h12,17H,5-8H2,1-4H3,(H,14,15)/t12-/m0/s1. The lowest BCUT2D eigenvalue weighted by Crippen LogP contribution is -2.37. The monoisotopic (exact) mass is 285 g/mol. The van der Waals surface area contributed by atoms with Crippen LogP contribution in [-0.4, -0.2) is 57.8 Å². The van der Waals surface area contributed by atoms with Crippen LogP contribution >= 0.6 is 11.8 Å². The molecule has 0 radical (unpaired) electrons. The number of hydrogen-bond donors (Lipinski definition) is 2. The Labute approximate surface area is 118 Å². The van der Waals surface area contributed by atoms with Crippen LogP contribution in [0.3, 0.4) is 0 Å². The molecule has 0 fully saturated rings. The number of likely N-dealkylation sites (N-methyl/N-ethyl adjacent to an activating group) is 1. The summed E-state index contributed by atoms with van der Waals surface area (Å²) >= 11 is 1.63. The summed E-state index contributed by atoms with van der Waals surface area (Å²) < 4.78 is 0. The van der Waals surface area contributed by atoms with Gasteiger partial charge in [0, 0.05) is 19.3 Å². The number of amides is 1. The number of nitrogens with zero attached hydrogens (tertiary/aromatic N) is 2. The largest absolute Gasteiger partial charge is 0.383 e. The smallest absolute Gasteiger partial charge is 0.251 e. The summed E-state index contributed by atoms with van der Waals surface area (Å²) in [5, 5.41) is 16.8. The minimum atomic E-state index is -0.885. The first kappa shape index (κ1) is 16.0. The van der Waals surface area contributed by atoms with Gasteiger partial charge in [0.2, 0.25) is 0 Å². The van der Waals surface area contributed by atoms with E-state index in [1.807, 2.05) is 20.1 Å². The van der Waals surface area contributed by atoms with E-state index in [1.54, 1.807) is 23.7 Å². The van der Waals surface area contributed by atoms with Crippen LogP contribution in [0.15, 0.2) is 0 Å². The number of H-pyrrole nitrogens is 1. The van der Waals surface area contributed by atoms with Crippen molar-refractivity contribution in [2.75, 3.05) is 25.6 Å². The van der Waals surface area contributed by atoms with Gasteiger partial charge in [-0.2, -0.15) is 16.9 Å². The Morgan fingerprint density at radius 2 is 2.21 bits per heavy atom. The highest BCUT2D eigenvalue weighted by molar-refractivity contribution is 7.98. The normalized spacial score (nSPS) is 12.5. The van der Waals surface area contributed by atoms with E-state index in [4.69, 9.17) is 0 Å².